The summed E-state index contributed by atoms with van der Waals surface area (Å²) in [4.78, 5) is 12.0. The lowest BCUT2D eigenvalue weighted by Gasteiger charge is -2.18. The van der Waals surface area contributed by atoms with Crippen molar-refractivity contribution in [2.24, 2.45) is 0 Å². The Balaban J connectivity index is 1.50. The zero-order chi connectivity index (χ0) is 21.2. The standard InChI is InChI=1S/C21H22F3NO4/c1-20(2)10-14-4-3-5-17(19(14)29-20)28-12-18(27)25-11-16(26)13-6-8-15(9-7-13)21(22,23)24/h3-9,16,26H,10-12H2,1-2H3,(H,25,27). The van der Waals surface area contributed by atoms with Gasteiger partial charge in [0.1, 0.15) is 5.60 Å². The van der Waals surface area contributed by atoms with Crippen LogP contribution in [0.15, 0.2) is 42.5 Å². The van der Waals surface area contributed by atoms with E-state index in [-0.39, 0.29) is 24.3 Å². The van der Waals surface area contributed by atoms with Crippen LogP contribution in [0.25, 0.3) is 0 Å². The van der Waals surface area contributed by atoms with Crippen LogP contribution in [0.3, 0.4) is 0 Å². The molecule has 1 heterocycles. The molecule has 0 saturated carbocycles. The number of carbonyl (C=O) groups is 1. The first-order chi connectivity index (χ1) is 13.5. The number of benzene rings is 2. The molecule has 0 saturated heterocycles. The Hall–Kier alpha value is -2.74. The Kier molecular flexibility index (Phi) is 5.75. The van der Waals surface area contributed by atoms with E-state index >= 15 is 0 Å². The monoisotopic (exact) mass is 409 g/mol. The van der Waals surface area contributed by atoms with Crippen LogP contribution in [0.5, 0.6) is 11.5 Å². The first-order valence-corrected chi connectivity index (χ1v) is 9.11. The maximum atomic E-state index is 12.6. The van der Waals surface area contributed by atoms with Gasteiger partial charge in [0, 0.05) is 18.5 Å². The van der Waals surface area contributed by atoms with Crippen molar-refractivity contribution >= 4 is 5.91 Å². The average molecular weight is 409 g/mol. The number of ether oxygens (including phenoxy) is 2. The van der Waals surface area contributed by atoms with Crippen molar-refractivity contribution in [1.29, 1.82) is 0 Å². The highest BCUT2D eigenvalue weighted by atomic mass is 19.4. The van der Waals surface area contributed by atoms with Crippen molar-refractivity contribution in [3.63, 3.8) is 0 Å². The van der Waals surface area contributed by atoms with Crippen LogP contribution in [-0.2, 0) is 17.4 Å². The van der Waals surface area contributed by atoms with Crippen LogP contribution in [0, 0.1) is 0 Å². The molecule has 5 nitrogen and oxygen atoms in total. The molecular weight excluding hydrogens is 387 g/mol. The molecule has 2 N–H and O–H groups in total. The van der Waals surface area contributed by atoms with Gasteiger partial charge < -0.3 is 19.9 Å². The number of fused-ring (bicyclic) bond motifs is 1. The fourth-order valence-electron chi connectivity index (χ4n) is 3.12. The molecule has 1 aliphatic heterocycles. The van der Waals surface area contributed by atoms with Gasteiger partial charge in [-0.25, -0.2) is 0 Å². The summed E-state index contributed by atoms with van der Waals surface area (Å²) >= 11 is 0. The summed E-state index contributed by atoms with van der Waals surface area (Å²) in [6, 6.07) is 9.63. The van der Waals surface area contributed by atoms with E-state index in [0.717, 1.165) is 24.1 Å². The number of halogens is 3. The Morgan fingerprint density at radius 1 is 1.24 bits per heavy atom. The number of rotatable bonds is 6. The molecule has 156 valence electrons. The summed E-state index contributed by atoms with van der Waals surface area (Å²) in [6.07, 6.45) is -4.83. The number of hydrogen-bond acceptors (Lipinski definition) is 4. The Morgan fingerprint density at radius 2 is 1.93 bits per heavy atom. The summed E-state index contributed by atoms with van der Waals surface area (Å²) in [7, 11) is 0. The number of carbonyl (C=O) groups excluding carboxylic acids is 1. The van der Waals surface area contributed by atoms with Crippen molar-refractivity contribution in [2.45, 2.75) is 38.1 Å². The van der Waals surface area contributed by atoms with E-state index in [9.17, 15) is 23.1 Å². The molecule has 0 fully saturated rings. The fraction of sp³-hybridized carbons (Fsp3) is 0.381. The van der Waals surface area contributed by atoms with Gasteiger partial charge in [0.15, 0.2) is 18.1 Å². The van der Waals surface area contributed by atoms with E-state index in [0.29, 0.717) is 11.5 Å². The predicted octanol–water partition coefficient (Wildman–Crippen LogP) is 3.65. The first-order valence-electron chi connectivity index (χ1n) is 9.11. The minimum atomic E-state index is -4.44. The van der Waals surface area contributed by atoms with Crippen LogP contribution in [0.1, 0.15) is 36.6 Å². The lowest BCUT2D eigenvalue weighted by Crippen LogP contribution is -2.32. The molecule has 0 spiro atoms. The molecule has 1 atom stereocenters. The number of aliphatic hydroxyl groups is 1. The van der Waals surface area contributed by atoms with E-state index < -0.39 is 23.8 Å². The smallest absolute Gasteiger partial charge is 0.416 e. The SMILES string of the molecule is CC1(C)Cc2cccc(OCC(=O)NCC(O)c3ccc(C(F)(F)F)cc3)c2O1. The number of para-hydroxylation sites is 1. The highest BCUT2D eigenvalue weighted by Crippen LogP contribution is 2.41. The molecule has 3 rings (SSSR count). The topological polar surface area (TPSA) is 67.8 Å². The molecule has 2 aromatic rings. The maximum absolute atomic E-state index is 12.6. The van der Waals surface area contributed by atoms with Gasteiger partial charge in [-0.3, -0.25) is 4.79 Å². The van der Waals surface area contributed by atoms with Crippen LogP contribution in [-0.4, -0.2) is 29.8 Å². The highest BCUT2D eigenvalue weighted by molar-refractivity contribution is 5.77. The van der Waals surface area contributed by atoms with Crippen LogP contribution < -0.4 is 14.8 Å². The third kappa shape index (κ3) is 5.20. The zero-order valence-corrected chi connectivity index (χ0v) is 16.0. The van der Waals surface area contributed by atoms with Gasteiger partial charge in [-0.2, -0.15) is 13.2 Å². The maximum Gasteiger partial charge on any atom is 0.416 e. The van der Waals surface area contributed by atoms with E-state index in [1.165, 1.54) is 12.1 Å². The molecule has 0 aromatic heterocycles. The number of hydrogen-bond donors (Lipinski definition) is 2. The Bertz CT molecular complexity index is 878. The van der Waals surface area contributed by atoms with Crippen LogP contribution >= 0.6 is 0 Å². The normalized spacial score (nSPS) is 15.9. The van der Waals surface area contributed by atoms with Gasteiger partial charge in [0.25, 0.3) is 5.91 Å². The number of nitrogens with one attached hydrogen (secondary N) is 1. The van der Waals surface area contributed by atoms with E-state index in [1.54, 1.807) is 6.07 Å². The minimum Gasteiger partial charge on any atom is -0.483 e. The summed E-state index contributed by atoms with van der Waals surface area (Å²) < 4.78 is 49.2. The quantitative estimate of drug-likeness (QED) is 0.764. The highest BCUT2D eigenvalue weighted by Gasteiger charge is 2.32. The van der Waals surface area contributed by atoms with Crippen molar-refractivity contribution in [1.82, 2.24) is 5.32 Å². The molecule has 1 aliphatic rings. The van der Waals surface area contributed by atoms with Gasteiger partial charge in [-0.15, -0.1) is 0 Å². The fourth-order valence-corrected chi connectivity index (χ4v) is 3.12. The molecule has 0 aliphatic carbocycles. The Labute approximate surface area is 166 Å². The molecule has 1 unspecified atom stereocenters. The minimum absolute atomic E-state index is 0.149. The van der Waals surface area contributed by atoms with Crippen molar-refractivity contribution < 1.29 is 32.5 Å². The summed E-state index contributed by atoms with van der Waals surface area (Å²) in [5.74, 6) is 0.618. The van der Waals surface area contributed by atoms with Gasteiger partial charge in [0.05, 0.1) is 11.7 Å². The molecule has 0 bridgehead atoms. The lowest BCUT2D eigenvalue weighted by molar-refractivity contribution is -0.137. The number of amides is 1. The van der Waals surface area contributed by atoms with Crippen molar-refractivity contribution in [2.75, 3.05) is 13.2 Å². The molecule has 0 radical (unpaired) electrons. The summed E-state index contributed by atoms with van der Waals surface area (Å²) in [5.41, 5.74) is 0.142. The molecule has 29 heavy (non-hydrogen) atoms. The largest absolute Gasteiger partial charge is 0.483 e. The van der Waals surface area contributed by atoms with Crippen LogP contribution in [0.4, 0.5) is 13.2 Å². The first kappa shape index (κ1) is 21.0. The summed E-state index contributed by atoms with van der Waals surface area (Å²) in [6.45, 7) is 3.50. The third-order valence-electron chi connectivity index (χ3n) is 4.53. The van der Waals surface area contributed by atoms with E-state index in [4.69, 9.17) is 9.47 Å². The van der Waals surface area contributed by atoms with Crippen molar-refractivity contribution in [3.8, 4) is 11.5 Å². The van der Waals surface area contributed by atoms with Gasteiger partial charge in [-0.05, 0) is 37.6 Å². The number of aliphatic hydroxyl groups excluding tert-OH is 1. The molecule has 2 aromatic carbocycles. The number of alkyl halides is 3. The van der Waals surface area contributed by atoms with E-state index in [2.05, 4.69) is 5.32 Å². The predicted molar refractivity (Wildman–Crippen MR) is 99.8 cm³/mol. The van der Waals surface area contributed by atoms with E-state index in [1.807, 2.05) is 26.0 Å². The molecule has 1 amide bonds. The second kappa shape index (κ2) is 7.94. The zero-order valence-electron chi connectivity index (χ0n) is 16.0. The second-order valence-electron chi connectivity index (χ2n) is 7.51. The Morgan fingerprint density at radius 3 is 2.59 bits per heavy atom. The lowest BCUT2D eigenvalue weighted by atomic mass is 10.0. The second-order valence-corrected chi connectivity index (χ2v) is 7.51. The van der Waals surface area contributed by atoms with Gasteiger partial charge in [0.2, 0.25) is 0 Å². The molecular formula is C21H22F3NO4. The van der Waals surface area contributed by atoms with Crippen LogP contribution in [0.2, 0.25) is 0 Å². The van der Waals surface area contributed by atoms with Gasteiger partial charge >= 0.3 is 6.18 Å². The molecule has 8 heteroatoms. The van der Waals surface area contributed by atoms with Gasteiger partial charge in [-0.1, -0.05) is 24.3 Å². The summed E-state index contributed by atoms with van der Waals surface area (Å²) in [5, 5.41) is 12.6. The third-order valence-corrected chi connectivity index (χ3v) is 4.53. The van der Waals surface area contributed by atoms with Crippen molar-refractivity contribution in [3.05, 3.63) is 59.2 Å². The average Bonchev–Trinajstić information content (AvgIpc) is 2.98.